The highest BCUT2D eigenvalue weighted by Gasteiger charge is 2.39. The molecule has 1 fully saturated rings. The number of anilines is 1. The normalized spacial score (nSPS) is 17.5. The van der Waals surface area contributed by atoms with Crippen molar-refractivity contribution in [2.45, 2.75) is 44.7 Å². The van der Waals surface area contributed by atoms with Crippen LogP contribution >= 0.6 is 0 Å². The van der Waals surface area contributed by atoms with Crippen molar-refractivity contribution in [3.05, 3.63) is 82.7 Å². The molecule has 1 atom stereocenters. The van der Waals surface area contributed by atoms with Gasteiger partial charge in [0, 0.05) is 61.1 Å². The van der Waals surface area contributed by atoms with Gasteiger partial charge in [-0.2, -0.15) is 0 Å². The number of piperidine rings is 1. The van der Waals surface area contributed by atoms with Gasteiger partial charge >= 0.3 is 0 Å². The summed E-state index contributed by atoms with van der Waals surface area (Å²) in [5.74, 6) is 4.98. The molecule has 3 aromatic rings. The van der Waals surface area contributed by atoms with Gasteiger partial charge in [-0.05, 0) is 66.3 Å². The van der Waals surface area contributed by atoms with Gasteiger partial charge in [-0.15, -0.1) is 0 Å². The number of benzene rings is 2. The molecule has 3 aliphatic rings. The maximum atomic E-state index is 13.1. The fraction of sp³-hybridized carbons (Fsp3) is 0.281. The SMILES string of the molecule is O=C1CCC(N2Cc3c(C#CCCNC(=O)c4ncccc4-c4ccc5c(c4)CCCN5)cccc3C2=O)C(=O)N1. The van der Waals surface area contributed by atoms with Gasteiger partial charge < -0.3 is 15.5 Å². The van der Waals surface area contributed by atoms with E-state index in [1.54, 1.807) is 18.3 Å². The molecule has 9 nitrogen and oxygen atoms in total. The Labute approximate surface area is 237 Å². The quantitative estimate of drug-likeness (QED) is 0.257. The molecular weight excluding hydrogens is 518 g/mol. The standard InChI is InChI=1S/C32H29N5O4/c38-28-14-13-27(30(39)36-28)37-19-25-20(7-3-9-24(25)32(37)41)6-1-2-15-35-31(40)29-23(10-5-17-34-29)21-11-12-26-22(18-21)8-4-16-33-26/h3,5,7,9-12,17-18,27,33H,2,4,8,13-16,19H2,(H,35,40)(H,36,38,39). The minimum atomic E-state index is -0.668. The van der Waals surface area contributed by atoms with Crippen molar-refractivity contribution in [1.82, 2.24) is 20.5 Å². The van der Waals surface area contributed by atoms with Gasteiger partial charge in [0.15, 0.2) is 0 Å². The maximum Gasteiger partial charge on any atom is 0.270 e. The second-order valence-electron chi connectivity index (χ2n) is 10.3. The third-order valence-corrected chi connectivity index (χ3v) is 7.72. The van der Waals surface area contributed by atoms with Crippen molar-refractivity contribution in [1.29, 1.82) is 0 Å². The molecule has 0 saturated carbocycles. The Bertz CT molecular complexity index is 1640. The minimum Gasteiger partial charge on any atom is -0.385 e. The number of carbonyl (C=O) groups is 4. The third kappa shape index (κ3) is 5.29. The van der Waals surface area contributed by atoms with Gasteiger partial charge in [-0.1, -0.05) is 30.0 Å². The lowest BCUT2D eigenvalue weighted by molar-refractivity contribution is -0.136. The molecule has 206 valence electrons. The number of rotatable bonds is 5. The van der Waals surface area contributed by atoms with Crippen LogP contribution in [0.4, 0.5) is 5.69 Å². The van der Waals surface area contributed by atoms with Gasteiger partial charge in [0.2, 0.25) is 11.8 Å². The molecule has 0 radical (unpaired) electrons. The predicted molar refractivity (Wildman–Crippen MR) is 153 cm³/mol. The lowest BCUT2D eigenvalue weighted by atomic mass is 9.96. The molecule has 1 unspecified atom stereocenters. The molecule has 6 rings (SSSR count). The van der Waals surface area contributed by atoms with Crippen LogP contribution in [0, 0.1) is 11.8 Å². The number of hydrogen-bond acceptors (Lipinski definition) is 6. The van der Waals surface area contributed by atoms with E-state index in [0.717, 1.165) is 41.8 Å². The first-order valence-electron chi connectivity index (χ1n) is 13.9. The van der Waals surface area contributed by atoms with Crippen molar-refractivity contribution < 1.29 is 19.2 Å². The Kier molecular flexibility index (Phi) is 7.21. The first-order chi connectivity index (χ1) is 20.0. The van der Waals surface area contributed by atoms with Gasteiger partial charge in [0.25, 0.3) is 11.8 Å². The molecular formula is C32H29N5O4. The Hall–Kier alpha value is -4.97. The van der Waals surface area contributed by atoms with Crippen LogP contribution in [-0.4, -0.2) is 52.6 Å². The molecule has 1 saturated heterocycles. The average molecular weight is 548 g/mol. The second-order valence-corrected chi connectivity index (χ2v) is 10.3. The van der Waals surface area contributed by atoms with E-state index >= 15 is 0 Å². The number of fused-ring (bicyclic) bond motifs is 2. The van der Waals surface area contributed by atoms with E-state index in [1.165, 1.54) is 10.5 Å². The summed E-state index contributed by atoms with van der Waals surface area (Å²) >= 11 is 0. The first-order valence-corrected chi connectivity index (χ1v) is 13.9. The second kappa shape index (κ2) is 11.3. The first kappa shape index (κ1) is 26.3. The number of carbonyl (C=O) groups excluding carboxylic acids is 4. The summed E-state index contributed by atoms with van der Waals surface area (Å²) in [6.07, 6.45) is 4.63. The van der Waals surface area contributed by atoms with Crippen molar-refractivity contribution in [2.75, 3.05) is 18.4 Å². The van der Waals surface area contributed by atoms with Gasteiger partial charge in [0.1, 0.15) is 11.7 Å². The smallest absolute Gasteiger partial charge is 0.270 e. The summed E-state index contributed by atoms with van der Waals surface area (Å²) < 4.78 is 0. The van der Waals surface area contributed by atoms with Crippen molar-refractivity contribution in [3.63, 3.8) is 0 Å². The molecule has 3 N–H and O–H groups in total. The number of aromatic nitrogens is 1. The van der Waals surface area contributed by atoms with Crippen molar-refractivity contribution in [2.24, 2.45) is 0 Å². The Balaban J connectivity index is 1.10. The number of imide groups is 1. The monoisotopic (exact) mass is 547 g/mol. The zero-order valence-corrected chi connectivity index (χ0v) is 22.5. The summed E-state index contributed by atoms with van der Waals surface area (Å²) in [5.41, 5.74) is 6.52. The van der Waals surface area contributed by atoms with Crippen LogP contribution in [0.15, 0.2) is 54.7 Å². The number of aryl methyl sites for hydroxylation is 1. The van der Waals surface area contributed by atoms with E-state index in [2.05, 4.69) is 44.9 Å². The molecule has 3 aliphatic heterocycles. The lowest BCUT2D eigenvalue weighted by Crippen LogP contribution is -2.52. The highest BCUT2D eigenvalue weighted by molar-refractivity contribution is 6.05. The highest BCUT2D eigenvalue weighted by atomic mass is 16.2. The third-order valence-electron chi connectivity index (χ3n) is 7.72. The molecule has 1 aromatic heterocycles. The largest absolute Gasteiger partial charge is 0.385 e. The predicted octanol–water partition coefficient (Wildman–Crippen LogP) is 3.04. The number of hydrogen-bond donors (Lipinski definition) is 3. The van der Waals surface area contributed by atoms with E-state index in [1.807, 2.05) is 24.3 Å². The summed E-state index contributed by atoms with van der Waals surface area (Å²) in [6.45, 7) is 1.58. The fourth-order valence-corrected chi connectivity index (χ4v) is 5.64. The van der Waals surface area contributed by atoms with Crippen LogP contribution in [0.5, 0.6) is 0 Å². The topological polar surface area (TPSA) is 120 Å². The molecule has 2 aromatic carbocycles. The lowest BCUT2D eigenvalue weighted by Gasteiger charge is -2.29. The molecule has 41 heavy (non-hydrogen) atoms. The summed E-state index contributed by atoms with van der Waals surface area (Å²) in [7, 11) is 0. The number of pyridine rings is 1. The van der Waals surface area contributed by atoms with Gasteiger partial charge in [0.05, 0.1) is 0 Å². The van der Waals surface area contributed by atoms with E-state index in [4.69, 9.17) is 0 Å². The zero-order valence-electron chi connectivity index (χ0n) is 22.5. The fourth-order valence-electron chi connectivity index (χ4n) is 5.64. The summed E-state index contributed by atoms with van der Waals surface area (Å²) in [5, 5.41) is 8.66. The number of amides is 4. The molecule has 0 spiro atoms. The van der Waals surface area contributed by atoms with E-state index in [-0.39, 0.29) is 30.7 Å². The van der Waals surface area contributed by atoms with Crippen molar-refractivity contribution in [3.8, 4) is 23.0 Å². The Morgan fingerprint density at radius 2 is 1.95 bits per heavy atom. The zero-order chi connectivity index (χ0) is 28.3. The number of nitrogens with zero attached hydrogens (tertiary/aromatic N) is 2. The Morgan fingerprint density at radius 3 is 2.83 bits per heavy atom. The van der Waals surface area contributed by atoms with Crippen molar-refractivity contribution >= 4 is 29.3 Å². The highest BCUT2D eigenvalue weighted by Crippen LogP contribution is 2.31. The van der Waals surface area contributed by atoms with Gasteiger partial charge in [-0.3, -0.25) is 29.5 Å². The van der Waals surface area contributed by atoms with Crippen LogP contribution in [0.1, 0.15) is 63.2 Å². The van der Waals surface area contributed by atoms with E-state index in [0.29, 0.717) is 36.2 Å². The van der Waals surface area contributed by atoms with E-state index < -0.39 is 11.9 Å². The van der Waals surface area contributed by atoms with Gasteiger partial charge in [-0.25, -0.2) is 0 Å². The van der Waals surface area contributed by atoms with Crippen LogP contribution in [0.3, 0.4) is 0 Å². The van der Waals surface area contributed by atoms with Crippen LogP contribution in [0.2, 0.25) is 0 Å². The molecule has 0 bridgehead atoms. The number of nitrogens with one attached hydrogen (secondary N) is 3. The van der Waals surface area contributed by atoms with Crippen LogP contribution in [-0.2, 0) is 22.6 Å². The Morgan fingerprint density at radius 1 is 1.07 bits per heavy atom. The van der Waals surface area contributed by atoms with E-state index in [9.17, 15) is 19.2 Å². The minimum absolute atomic E-state index is 0.208. The summed E-state index contributed by atoms with van der Waals surface area (Å²) in [6, 6.07) is 14.6. The average Bonchev–Trinajstić information content (AvgIpc) is 3.33. The van der Waals surface area contributed by atoms with Crippen LogP contribution < -0.4 is 16.0 Å². The van der Waals surface area contributed by atoms with Crippen LogP contribution in [0.25, 0.3) is 11.1 Å². The molecule has 0 aliphatic carbocycles. The summed E-state index contributed by atoms with van der Waals surface area (Å²) in [4.78, 5) is 55.8. The molecule has 9 heteroatoms. The molecule has 4 heterocycles. The molecule has 4 amide bonds. The maximum absolute atomic E-state index is 13.1.